The van der Waals surface area contributed by atoms with E-state index in [9.17, 15) is 4.79 Å². The Labute approximate surface area is 151 Å². The van der Waals surface area contributed by atoms with E-state index in [0.717, 1.165) is 29.7 Å². The second kappa shape index (κ2) is 6.21. The fourth-order valence-electron chi connectivity index (χ4n) is 3.97. The van der Waals surface area contributed by atoms with Crippen molar-refractivity contribution in [3.63, 3.8) is 0 Å². The zero-order valence-corrected chi connectivity index (χ0v) is 14.5. The highest BCUT2D eigenvalue weighted by atomic mass is 16.2. The van der Waals surface area contributed by atoms with Gasteiger partial charge in [0.05, 0.1) is 11.7 Å². The summed E-state index contributed by atoms with van der Waals surface area (Å²) < 4.78 is 2.02. The first-order valence-corrected chi connectivity index (χ1v) is 9.17. The highest BCUT2D eigenvalue weighted by Crippen LogP contribution is 2.41. The minimum absolute atomic E-state index is 0.0562. The first-order chi connectivity index (χ1) is 12.8. The number of pyridine rings is 2. The van der Waals surface area contributed by atoms with Gasteiger partial charge in [-0.3, -0.25) is 9.78 Å². The van der Waals surface area contributed by atoms with E-state index in [1.165, 1.54) is 0 Å². The lowest BCUT2D eigenvalue weighted by molar-refractivity contribution is -0.129. The number of fused-ring (bicyclic) bond motifs is 1. The predicted octanol–water partition coefficient (Wildman–Crippen LogP) is 2.32. The Morgan fingerprint density at radius 1 is 1.19 bits per heavy atom. The number of hydrogen-bond acceptors (Lipinski definition) is 4. The minimum Gasteiger partial charge on any atom is -0.331 e. The molecule has 1 aliphatic carbocycles. The smallest absolute Gasteiger partial charge is 0.225 e. The van der Waals surface area contributed by atoms with Crippen LogP contribution in [0.5, 0.6) is 0 Å². The van der Waals surface area contributed by atoms with Crippen molar-refractivity contribution in [3.05, 3.63) is 66.4 Å². The van der Waals surface area contributed by atoms with E-state index < -0.39 is 0 Å². The molecule has 1 saturated heterocycles. The molecule has 3 aromatic heterocycles. The van der Waals surface area contributed by atoms with Crippen molar-refractivity contribution >= 4 is 11.6 Å². The van der Waals surface area contributed by atoms with Crippen LogP contribution in [0.4, 0.5) is 0 Å². The number of carbonyl (C=O) groups excluding carboxylic acids is 1. The summed E-state index contributed by atoms with van der Waals surface area (Å²) in [6, 6.07) is 10.5. The Hall–Kier alpha value is -2.73. The van der Waals surface area contributed by atoms with Crippen molar-refractivity contribution in [2.75, 3.05) is 0 Å². The molecule has 2 aliphatic rings. The maximum absolute atomic E-state index is 12.6. The van der Waals surface area contributed by atoms with Gasteiger partial charge in [-0.15, -0.1) is 0 Å². The van der Waals surface area contributed by atoms with E-state index in [-0.39, 0.29) is 18.0 Å². The lowest BCUT2D eigenvalue weighted by atomic mass is 10.0. The van der Waals surface area contributed by atoms with Crippen LogP contribution in [-0.4, -0.2) is 37.3 Å². The normalized spacial score (nSPS) is 23.1. The summed E-state index contributed by atoms with van der Waals surface area (Å²) in [6.45, 7) is 0.648. The maximum atomic E-state index is 12.6. The number of imidazole rings is 1. The summed E-state index contributed by atoms with van der Waals surface area (Å²) in [5.41, 5.74) is 3.03. The topological polar surface area (TPSA) is 62.5 Å². The van der Waals surface area contributed by atoms with Gasteiger partial charge in [-0.25, -0.2) is 4.98 Å². The SMILES string of the molecule is O=C1C[C@@H](NCc2cn3ccccc3n2)[C@H](c2cccnc2)N1C1CC1. The number of amides is 1. The summed E-state index contributed by atoms with van der Waals surface area (Å²) >= 11 is 0. The maximum Gasteiger partial charge on any atom is 0.225 e. The van der Waals surface area contributed by atoms with Gasteiger partial charge in [0.15, 0.2) is 0 Å². The average Bonchev–Trinajstić information content (AvgIpc) is 3.32. The van der Waals surface area contributed by atoms with E-state index in [4.69, 9.17) is 0 Å². The molecule has 1 saturated carbocycles. The van der Waals surface area contributed by atoms with Crippen LogP contribution in [0, 0.1) is 0 Å². The van der Waals surface area contributed by atoms with Gasteiger partial charge >= 0.3 is 0 Å². The van der Waals surface area contributed by atoms with Crippen molar-refractivity contribution in [3.8, 4) is 0 Å². The molecular weight excluding hydrogens is 326 g/mol. The monoisotopic (exact) mass is 347 g/mol. The highest BCUT2D eigenvalue weighted by molar-refractivity contribution is 5.81. The molecule has 6 heteroatoms. The molecule has 1 aliphatic heterocycles. The molecule has 6 nitrogen and oxygen atoms in total. The molecule has 0 spiro atoms. The minimum atomic E-state index is 0.0562. The van der Waals surface area contributed by atoms with Gasteiger partial charge in [-0.1, -0.05) is 12.1 Å². The number of likely N-dealkylation sites (tertiary alicyclic amines) is 1. The number of hydrogen-bond donors (Lipinski definition) is 1. The molecule has 0 aromatic carbocycles. The van der Waals surface area contributed by atoms with Crippen LogP contribution in [-0.2, 0) is 11.3 Å². The summed E-state index contributed by atoms with van der Waals surface area (Å²) in [5.74, 6) is 0.244. The van der Waals surface area contributed by atoms with Crippen molar-refractivity contribution in [2.45, 2.75) is 43.9 Å². The third-order valence-electron chi connectivity index (χ3n) is 5.29. The molecular formula is C20H21N5O. The molecule has 2 atom stereocenters. The average molecular weight is 347 g/mol. The molecule has 132 valence electrons. The lowest BCUT2D eigenvalue weighted by Gasteiger charge is -2.28. The Kier molecular flexibility index (Phi) is 3.71. The van der Waals surface area contributed by atoms with Crippen LogP contribution in [0.1, 0.15) is 36.6 Å². The molecule has 5 rings (SSSR count). The second-order valence-electron chi connectivity index (χ2n) is 7.15. The molecule has 0 bridgehead atoms. The van der Waals surface area contributed by atoms with E-state index in [1.54, 1.807) is 6.20 Å². The summed E-state index contributed by atoms with van der Waals surface area (Å²) in [7, 11) is 0. The van der Waals surface area contributed by atoms with Gasteiger partial charge in [0.2, 0.25) is 5.91 Å². The molecule has 1 N–H and O–H groups in total. The molecule has 2 fully saturated rings. The van der Waals surface area contributed by atoms with E-state index in [1.807, 2.05) is 47.3 Å². The Bertz CT molecular complexity index is 901. The van der Waals surface area contributed by atoms with Crippen LogP contribution < -0.4 is 5.32 Å². The number of rotatable bonds is 5. The van der Waals surface area contributed by atoms with Gasteiger partial charge in [0.25, 0.3) is 0 Å². The fourth-order valence-corrected chi connectivity index (χ4v) is 3.97. The number of nitrogens with zero attached hydrogens (tertiary/aromatic N) is 4. The zero-order valence-electron chi connectivity index (χ0n) is 14.5. The summed E-state index contributed by atoms with van der Waals surface area (Å²) in [5, 5.41) is 3.58. The van der Waals surface area contributed by atoms with Crippen molar-refractivity contribution in [2.24, 2.45) is 0 Å². The lowest BCUT2D eigenvalue weighted by Crippen LogP contribution is -2.37. The van der Waals surface area contributed by atoms with Crippen LogP contribution in [0.3, 0.4) is 0 Å². The van der Waals surface area contributed by atoms with Crippen molar-refractivity contribution in [1.29, 1.82) is 0 Å². The van der Waals surface area contributed by atoms with Crippen LogP contribution in [0.25, 0.3) is 5.65 Å². The van der Waals surface area contributed by atoms with Crippen molar-refractivity contribution in [1.82, 2.24) is 24.6 Å². The van der Waals surface area contributed by atoms with E-state index in [0.29, 0.717) is 19.0 Å². The second-order valence-corrected chi connectivity index (χ2v) is 7.15. The molecule has 1 amide bonds. The van der Waals surface area contributed by atoms with Gasteiger partial charge in [0, 0.05) is 49.8 Å². The number of nitrogens with one attached hydrogen (secondary N) is 1. The number of aromatic nitrogens is 3. The van der Waals surface area contributed by atoms with Gasteiger partial charge < -0.3 is 14.6 Å². The predicted molar refractivity (Wildman–Crippen MR) is 97.3 cm³/mol. The standard InChI is InChI=1S/C20H21N5O/c26-19-10-17(22-12-15-13-24-9-2-1-5-18(24)23-15)20(25(19)16-6-7-16)14-4-3-8-21-11-14/h1-5,8-9,11,13,16-17,20,22H,6-7,10,12H2/t17-,20+/m1/s1. The molecule has 26 heavy (non-hydrogen) atoms. The van der Waals surface area contributed by atoms with Gasteiger partial charge in [-0.05, 0) is 36.6 Å². The Morgan fingerprint density at radius 3 is 2.88 bits per heavy atom. The quantitative estimate of drug-likeness (QED) is 0.769. The van der Waals surface area contributed by atoms with Crippen LogP contribution >= 0.6 is 0 Å². The summed E-state index contributed by atoms with van der Waals surface area (Å²) in [6.07, 6.45) is 10.5. The van der Waals surface area contributed by atoms with Crippen LogP contribution in [0.15, 0.2) is 55.1 Å². The number of carbonyl (C=O) groups is 1. The van der Waals surface area contributed by atoms with Crippen molar-refractivity contribution < 1.29 is 4.79 Å². The summed E-state index contributed by atoms with van der Waals surface area (Å²) in [4.78, 5) is 23.6. The van der Waals surface area contributed by atoms with E-state index in [2.05, 4.69) is 26.3 Å². The van der Waals surface area contributed by atoms with Gasteiger partial charge in [-0.2, -0.15) is 0 Å². The fraction of sp³-hybridized carbons (Fsp3) is 0.350. The van der Waals surface area contributed by atoms with Crippen LogP contribution in [0.2, 0.25) is 0 Å². The Balaban J connectivity index is 1.38. The third kappa shape index (κ3) is 2.76. The highest BCUT2D eigenvalue weighted by Gasteiger charge is 2.47. The molecule has 3 aromatic rings. The first kappa shape index (κ1) is 15.5. The molecule has 4 heterocycles. The van der Waals surface area contributed by atoms with Gasteiger partial charge in [0.1, 0.15) is 5.65 Å². The third-order valence-corrected chi connectivity index (χ3v) is 5.29. The molecule has 0 unspecified atom stereocenters. The van der Waals surface area contributed by atoms with E-state index >= 15 is 0 Å². The largest absolute Gasteiger partial charge is 0.331 e. The zero-order chi connectivity index (χ0) is 17.5. The first-order valence-electron chi connectivity index (χ1n) is 9.17. The Morgan fingerprint density at radius 2 is 2.12 bits per heavy atom. The molecule has 0 radical (unpaired) electrons.